The molecule has 0 saturated heterocycles. The van der Waals surface area contributed by atoms with Crippen LogP contribution in [0.5, 0.6) is 11.6 Å². The van der Waals surface area contributed by atoms with E-state index in [0.29, 0.717) is 6.07 Å². The average molecular weight is 326 g/mol. The Morgan fingerprint density at radius 3 is 2.33 bits per heavy atom. The van der Waals surface area contributed by atoms with E-state index >= 15 is 0 Å². The van der Waals surface area contributed by atoms with Crippen LogP contribution in [0.1, 0.15) is 0 Å². The van der Waals surface area contributed by atoms with Gasteiger partial charge in [-0.2, -0.15) is 4.98 Å². The van der Waals surface area contributed by atoms with Crippen LogP contribution in [-0.2, 0) is 9.05 Å². The van der Waals surface area contributed by atoms with E-state index in [2.05, 4.69) is 14.5 Å². The van der Waals surface area contributed by atoms with Gasteiger partial charge in [-0.3, -0.25) is 0 Å². The molecule has 0 fully saturated rings. The molecule has 1 rings (SSSR count). The van der Waals surface area contributed by atoms with E-state index < -0.39 is 37.1 Å². The average Bonchev–Trinajstić information content (AvgIpc) is 2.12. The van der Waals surface area contributed by atoms with Crippen molar-refractivity contribution in [1.29, 1.82) is 0 Å². The second-order valence-electron chi connectivity index (χ2n) is 2.77. The zero-order chi connectivity index (χ0) is 14.1. The highest BCUT2D eigenvalue weighted by Gasteiger charge is 2.33. The molecule has 0 atom stereocenters. The highest BCUT2D eigenvalue weighted by Crippen LogP contribution is 2.36. The molecule has 0 bridgehead atoms. The number of ether oxygens (including phenoxy) is 2. The molecule has 1 aromatic rings. The summed E-state index contributed by atoms with van der Waals surface area (Å²) in [5.74, 6) is -1.53. The summed E-state index contributed by atoms with van der Waals surface area (Å²) in [6.07, 6.45) is -5.04. The van der Waals surface area contributed by atoms with Crippen LogP contribution >= 0.6 is 22.3 Å². The molecule has 0 spiro atoms. The van der Waals surface area contributed by atoms with Gasteiger partial charge in [0.05, 0.1) is 12.1 Å². The number of aromatic nitrogens is 1. The monoisotopic (exact) mass is 325 g/mol. The first kappa shape index (κ1) is 15.1. The Bertz CT molecular complexity index is 561. The van der Waals surface area contributed by atoms with Gasteiger partial charge in [-0.1, -0.05) is 11.6 Å². The summed E-state index contributed by atoms with van der Waals surface area (Å²) in [6.45, 7) is 0. The Balaban J connectivity index is 3.41. The van der Waals surface area contributed by atoms with Gasteiger partial charge in [0.15, 0.2) is 5.75 Å². The van der Waals surface area contributed by atoms with Crippen molar-refractivity contribution in [3.05, 3.63) is 11.1 Å². The lowest BCUT2D eigenvalue weighted by molar-refractivity contribution is -0.276. The van der Waals surface area contributed by atoms with Gasteiger partial charge in [0.2, 0.25) is 10.9 Å². The quantitative estimate of drug-likeness (QED) is 0.799. The largest absolute Gasteiger partial charge is 0.574 e. The molecule has 0 unspecified atom stereocenters. The molecule has 102 valence electrons. The van der Waals surface area contributed by atoms with E-state index in [1.54, 1.807) is 0 Å². The summed E-state index contributed by atoms with van der Waals surface area (Å²) in [5.41, 5.74) is 0. The molecule has 0 aliphatic rings. The zero-order valence-corrected chi connectivity index (χ0v) is 10.8. The van der Waals surface area contributed by atoms with Crippen molar-refractivity contribution in [1.82, 2.24) is 4.98 Å². The summed E-state index contributed by atoms with van der Waals surface area (Å²) < 4.78 is 66.2. The van der Waals surface area contributed by atoms with Gasteiger partial charge in [-0.05, 0) is 0 Å². The Morgan fingerprint density at radius 2 is 1.94 bits per heavy atom. The highest BCUT2D eigenvalue weighted by atomic mass is 35.7. The third-order valence-electron chi connectivity index (χ3n) is 1.53. The Labute approximate surface area is 109 Å². The molecule has 1 heterocycles. The SMILES string of the molecule is COc1c(Cl)cc(OC(F)(F)F)nc1S(=O)(=O)Cl. The highest BCUT2D eigenvalue weighted by molar-refractivity contribution is 8.13. The molecular weight excluding hydrogens is 322 g/mol. The van der Waals surface area contributed by atoms with Gasteiger partial charge < -0.3 is 9.47 Å². The molecule has 5 nitrogen and oxygen atoms in total. The molecule has 0 radical (unpaired) electrons. The fourth-order valence-corrected chi connectivity index (χ4v) is 2.22. The minimum atomic E-state index is -5.04. The van der Waals surface area contributed by atoms with Gasteiger partial charge >= 0.3 is 6.36 Å². The molecule has 11 heteroatoms. The summed E-state index contributed by atoms with van der Waals surface area (Å²) >= 11 is 5.53. The van der Waals surface area contributed by atoms with E-state index in [4.69, 9.17) is 22.3 Å². The fraction of sp³-hybridized carbons (Fsp3) is 0.286. The molecular formula is C7H4Cl2F3NO4S. The standard InChI is InChI=1S/C7H4Cl2F3NO4S/c1-16-5-3(8)2-4(17-7(10,11)12)13-6(5)18(9,14)15/h2H,1H3. The smallest absolute Gasteiger partial charge is 0.492 e. The minimum Gasteiger partial charge on any atom is -0.492 e. The van der Waals surface area contributed by atoms with Gasteiger partial charge in [-0.15, -0.1) is 13.2 Å². The van der Waals surface area contributed by atoms with Crippen LogP contribution in [-0.4, -0.2) is 26.9 Å². The second-order valence-corrected chi connectivity index (χ2v) is 5.65. The summed E-state index contributed by atoms with van der Waals surface area (Å²) in [6, 6.07) is 0.652. The number of hydrogen-bond donors (Lipinski definition) is 0. The maximum atomic E-state index is 12.0. The number of pyridine rings is 1. The Hall–Kier alpha value is -0.930. The van der Waals surface area contributed by atoms with Crippen LogP contribution < -0.4 is 9.47 Å². The third-order valence-corrected chi connectivity index (χ3v) is 2.99. The number of methoxy groups -OCH3 is 1. The minimum absolute atomic E-state index is 0.439. The van der Waals surface area contributed by atoms with E-state index in [1.165, 1.54) is 0 Å². The van der Waals surface area contributed by atoms with Crippen molar-refractivity contribution in [2.75, 3.05) is 7.11 Å². The van der Waals surface area contributed by atoms with Crippen molar-refractivity contribution in [3.8, 4) is 11.6 Å². The summed E-state index contributed by atoms with van der Waals surface area (Å²) in [5, 5.41) is -1.40. The maximum absolute atomic E-state index is 12.0. The van der Waals surface area contributed by atoms with Crippen LogP contribution in [0.15, 0.2) is 11.1 Å². The lowest BCUT2D eigenvalue weighted by Gasteiger charge is -2.11. The predicted octanol–water partition coefficient (Wildman–Crippen LogP) is 2.57. The van der Waals surface area contributed by atoms with Crippen molar-refractivity contribution < 1.29 is 31.1 Å². The van der Waals surface area contributed by atoms with Gasteiger partial charge in [-0.25, -0.2) is 8.42 Å². The van der Waals surface area contributed by atoms with Crippen LogP contribution in [0.2, 0.25) is 5.02 Å². The van der Waals surface area contributed by atoms with Crippen molar-refractivity contribution in [2.24, 2.45) is 0 Å². The van der Waals surface area contributed by atoms with Crippen LogP contribution in [0.25, 0.3) is 0 Å². The van der Waals surface area contributed by atoms with Gasteiger partial charge in [0.1, 0.15) is 0 Å². The molecule has 1 aromatic heterocycles. The maximum Gasteiger partial charge on any atom is 0.574 e. The number of halogens is 5. The number of alkyl halides is 3. The van der Waals surface area contributed by atoms with Crippen molar-refractivity contribution >= 4 is 31.3 Å². The van der Waals surface area contributed by atoms with Gasteiger partial charge in [0.25, 0.3) is 9.05 Å². The van der Waals surface area contributed by atoms with Gasteiger partial charge in [0, 0.05) is 16.7 Å². The Kier molecular flexibility index (Phi) is 4.19. The third kappa shape index (κ3) is 3.79. The molecule has 0 N–H and O–H groups in total. The van der Waals surface area contributed by atoms with E-state index in [9.17, 15) is 21.6 Å². The van der Waals surface area contributed by atoms with Crippen LogP contribution in [0, 0.1) is 0 Å². The molecule has 18 heavy (non-hydrogen) atoms. The van der Waals surface area contributed by atoms with E-state index in [-0.39, 0.29) is 0 Å². The Morgan fingerprint density at radius 1 is 1.39 bits per heavy atom. The van der Waals surface area contributed by atoms with E-state index in [1.807, 2.05) is 0 Å². The molecule has 0 saturated carbocycles. The summed E-state index contributed by atoms with van der Waals surface area (Å²) in [4.78, 5) is 3.09. The first-order chi connectivity index (χ1) is 8.04. The lowest BCUT2D eigenvalue weighted by atomic mass is 10.4. The van der Waals surface area contributed by atoms with E-state index in [0.717, 1.165) is 7.11 Å². The number of rotatable bonds is 3. The molecule has 0 aromatic carbocycles. The van der Waals surface area contributed by atoms with Crippen molar-refractivity contribution in [2.45, 2.75) is 11.4 Å². The first-order valence-corrected chi connectivity index (χ1v) is 6.68. The van der Waals surface area contributed by atoms with Crippen LogP contribution in [0.4, 0.5) is 13.2 Å². The second kappa shape index (κ2) is 4.98. The number of nitrogens with zero attached hydrogens (tertiary/aromatic N) is 1. The molecule has 0 aliphatic heterocycles. The first-order valence-electron chi connectivity index (χ1n) is 3.99. The summed E-state index contributed by atoms with van der Waals surface area (Å²) in [7, 11) is 1.60. The lowest BCUT2D eigenvalue weighted by Crippen LogP contribution is -2.18. The molecule has 0 amide bonds. The number of hydrogen-bond acceptors (Lipinski definition) is 5. The fourth-order valence-electron chi connectivity index (χ4n) is 0.980. The predicted molar refractivity (Wildman–Crippen MR) is 55.5 cm³/mol. The molecule has 0 aliphatic carbocycles. The van der Waals surface area contributed by atoms with Crippen molar-refractivity contribution in [3.63, 3.8) is 0 Å². The zero-order valence-electron chi connectivity index (χ0n) is 8.46. The normalized spacial score (nSPS) is 12.3. The van der Waals surface area contributed by atoms with Crippen LogP contribution in [0.3, 0.4) is 0 Å². The topological polar surface area (TPSA) is 65.5 Å².